The molecule has 1 amide bonds. The predicted molar refractivity (Wildman–Crippen MR) is 105 cm³/mol. The van der Waals surface area contributed by atoms with Gasteiger partial charge in [0.2, 0.25) is 5.91 Å². The second-order valence-corrected chi connectivity index (χ2v) is 5.55. The van der Waals surface area contributed by atoms with Gasteiger partial charge in [-0.05, 0) is 19.8 Å². The van der Waals surface area contributed by atoms with Crippen LogP contribution in [-0.4, -0.2) is 52.8 Å². The highest BCUT2D eigenvalue weighted by Crippen LogP contribution is 2.28. The average molecular weight is 449 g/mol. The minimum absolute atomic E-state index is 0. The molecule has 8 nitrogen and oxygen atoms in total. The summed E-state index contributed by atoms with van der Waals surface area (Å²) in [6, 6.07) is 0. The van der Waals surface area contributed by atoms with E-state index in [-0.39, 0.29) is 35.8 Å². The number of nitrogens with zero attached hydrogens (tertiary/aromatic N) is 4. The molecule has 1 saturated carbocycles. The van der Waals surface area contributed by atoms with Crippen LogP contribution in [0.5, 0.6) is 0 Å². The molecule has 24 heavy (non-hydrogen) atoms. The Morgan fingerprint density at radius 3 is 2.75 bits per heavy atom. The van der Waals surface area contributed by atoms with Gasteiger partial charge in [0.05, 0.1) is 6.54 Å². The Balaban J connectivity index is 0.00000288. The maximum atomic E-state index is 11.5. The monoisotopic (exact) mass is 449 g/mol. The van der Waals surface area contributed by atoms with Gasteiger partial charge in [-0.1, -0.05) is 6.92 Å². The Morgan fingerprint density at radius 2 is 2.08 bits per heavy atom. The lowest BCUT2D eigenvalue weighted by molar-refractivity contribution is -0.122. The molecule has 0 atom stereocenters. The van der Waals surface area contributed by atoms with E-state index in [0.29, 0.717) is 13.1 Å². The molecule has 136 valence electrons. The second-order valence-electron chi connectivity index (χ2n) is 5.55. The van der Waals surface area contributed by atoms with Crippen molar-refractivity contribution in [3.8, 4) is 0 Å². The van der Waals surface area contributed by atoms with Crippen molar-refractivity contribution in [2.45, 2.75) is 39.7 Å². The van der Waals surface area contributed by atoms with E-state index in [1.807, 2.05) is 11.5 Å². The molecule has 0 aliphatic heterocycles. The Hall–Kier alpha value is -1.39. The molecule has 1 aromatic rings. The third-order valence-electron chi connectivity index (χ3n) is 3.63. The van der Waals surface area contributed by atoms with Crippen LogP contribution in [-0.2, 0) is 17.8 Å². The van der Waals surface area contributed by atoms with Crippen LogP contribution in [0.4, 0.5) is 0 Å². The first-order valence-electron chi connectivity index (χ1n) is 8.41. The summed E-state index contributed by atoms with van der Waals surface area (Å²) >= 11 is 0. The van der Waals surface area contributed by atoms with Gasteiger partial charge in [-0.15, -0.1) is 34.2 Å². The summed E-state index contributed by atoms with van der Waals surface area (Å²) in [5.41, 5.74) is 0. The average Bonchev–Trinajstić information content (AvgIpc) is 3.31. The first-order valence-corrected chi connectivity index (χ1v) is 8.41. The number of hydrogen-bond donors (Lipinski definition) is 3. The SMILES string of the molecule is CCNC(=NCCNC(=O)C1CC1)NCCn1cnnc1CC.I. The first kappa shape index (κ1) is 20.7. The van der Waals surface area contributed by atoms with E-state index < -0.39 is 0 Å². The molecule has 2 rings (SSSR count). The Morgan fingerprint density at radius 1 is 1.29 bits per heavy atom. The molecule has 1 aliphatic rings. The molecular formula is C15H28IN7O. The number of amides is 1. The maximum absolute atomic E-state index is 11.5. The summed E-state index contributed by atoms with van der Waals surface area (Å²) in [5, 5.41) is 17.4. The zero-order valence-corrected chi connectivity index (χ0v) is 16.7. The van der Waals surface area contributed by atoms with E-state index in [2.05, 4.69) is 38.1 Å². The number of hydrogen-bond acceptors (Lipinski definition) is 4. The van der Waals surface area contributed by atoms with E-state index in [1.165, 1.54) is 0 Å². The lowest BCUT2D eigenvalue weighted by Gasteiger charge is -2.12. The molecule has 1 aromatic heterocycles. The van der Waals surface area contributed by atoms with Crippen LogP contribution < -0.4 is 16.0 Å². The van der Waals surface area contributed by atoms with Crippen molar-refractivity contribution < 1.29 is 4.79 Å². The van der Waals surface area contributed by atoms with Gasteiger partial charge < -0.3 is 20.5 Å². The molecule has 0 saturated heterocycles. The highest BCUT2D eigenvalue weighted by atomic mass is 127. The van der Waals surface area contributed by atoms with Crippen LogP contribution in [0.2, 0.25) is 0 Å². The fourth-order valence-corrected chi connectivity index (χ4v) is 2.21. The molecule has 1 heterocycles. The summed E-state index contributed by atoms with van der Waals surface area (Å²) in [5.74, 6) is 2.16. The number of rotatable bonds is 9. The Labute approximate surface area is 160 Å². The molecule has 0 radical (unpaired) electrons. The van der Waals surface area contributed by atoms with E-state index in [1.54, 1.807) is 6.33 Å². The minimum atomic E-state index is 0. The number of halogens is 1. The molecule has 3 N–H and O–H groups in total. The normalized spacial score (nSPS) is 14.0. The van der Waals surface area contributed by atoms with Crippen LogP contribution in [0, 0.1) is 5.92 Å². The number of carbonyl (C=O) groups is 1. The van der Waals surface area contributed by atoms with E-state index >= 15 is 0 Å². The lowest BCUT2D eigenvalue weighted by atomic mass is 10.4. The fourth-order valence-electron chi connectivity index (χ4n) is 2.21. The summed E-state index contributed by atoms with van der Waals surface area (Å²) in [6.07, 6.45) is 4.68. The van der Waals surface area contributed by atoms with Gasteiger partial charge in [0.1, 0.15) is 12.2 Å². The van der Waals surface area contributed by atoms with Crippen molar-refractivity contribution >= 4 is 35.8 Å². The zero-order chi connectivity index (χ0) is 16.5. The number of aromatic nitrogens is 3. The van der Waals surface area contributed by atoms with Crippen molar-refractivity contribution in [2.75, 3.05) is 26.2 Å². The number of carbonyl (C=O) groups excluding carboxylic acids is 1. The number of guanidine groups is 1. The molecule has 1 aliphatic carbocycles. The van der Waals surface area contributed by atoms with Crippen molar-refractivity contribution in [1.29, 1.82) is 0 Å². The second kappa shape index (κ2) is 11.2. The topological polar surface area (TPSA) is 96.2 Å². The van der Waals surface area contributed by atoms with Crippen molar-refractivity contribution in [2.24, 2.45) is 10.9 Å². The van der Waals surface area contributed by atoms with Gasteiger partial charge in [-0.25, -0.2) is 0 Å². The third-order valence-corrected chi connectivity index (χ3v) is 3.63. The summed E-state index contributed by atoms with van der Waals surface area (Å²) < 4.78 is 2.03. The van der Waals surface area contributed by atoms with E-state index in [0.717, 1.165) is 50.7 Å². The molecule has 0 bridgehead atoms. The summed E-state index contributed by atoms with van der Waals surface area (Å²) in [6.45, 7) is 7.58. The standard InChI is InChI=1S/C15H27N7O.HI/c1-3-13-21-20-11-22(13)10-9-19-15(16-4-2)18-8-7-17-14(23)12-5-6-12;/h11-12H,3-10H2,1-2H3,(H,17,23)(H2,16,18,19);1H. The maximum Gasteiger partial charge on any atom is 0.223 e. The van der Waals surface area contributed by atoms with Crippen molar-refractivity contribution in [1.82, 2.24) is 30.7 Å². The van der Waals surface area contributed by atoms with Gasteiger partial charge in [0.25, 0.3) is 0 Å². The zero-order valence-electron chi connectivity index (χ0n) is 14.4. The highest BCUT2D eigenvalue weighted by Gasteiger charge is 2.28. The quantitative estimate of drug-likeness (QED) is 0.221. The minimum Gasteiger partial charge on any atom is -0.357 e. The Bertz CT molecular complexity index is 528. The third kappa shape index (κ3) is 7.02. The van der Waals surface area contributed by atoms with Gasteiger partial charge >= 0.3 is 0 Å². The molecule has 0 unspecified atom stereocenters. The largest absolute Gasteiger partial charge is 0.357 e. The predicted octanol–water partition coefficient (Wildman–Crippen LogP) is 0.540. The van der Waals surface area contributed by atoms with Gasteiger partial charge in [0.15, 0.2) is 5.96 Å². The highest BCUT2D eigenvalue weighted by molar-refractivity contribution is 14.0. The van der Waals surface area contributed by atoms with Crippen LogP contribution in [0.1, 0.15) is 32.5 Å². The number of aryl methyl sites for hydroxylation is 1. The lowest BCUT2D eigenvalue weighted by Crippen LogP contribution is -2.39. The molecule has 1 fully saturated rings. The van der Waals surface area contributed by atoms with Gasteiger partial charge in [-0.2, -0.15) is 0 Å². The smallest absolute Gasteiger partial charge is 0.223 e. The van der Waals surface area contributed by atoms with E-state index in [9.17, 15) is 4.79 Å². The van der Waals surface area contributed by atoms with Gasteiger partial charge in [-0.3, -0.25) is 9.79 Å². The van der Waals surface area contributed by atoms with Crippen molar-refractivity contribution in [3.05, 3.63) is 12.2 Å². The van der Waals surface area contributed by atoms with Crippen LogP contribution in [0.25, 0.3) is 0 Å². The first-order chi connectivity index (χ1) is 11.2. The molecule has 9 heteroatoms. The Kier molecular flexibility index (Phi) is 9.65. The van der Waals surface area contributed by atoms with Crippen LogP contribution >= 0.6 is 24.0 Å². The van der Waals surface area contributed by atoms with Crippen molar-refractivity contribution in [3.63, 3.8) is 0 Å². The molecular weight excluding hydrogens is 421 g/mol. The summed E-state index contributed by atoms with van der Waals surface area (Å²) in [7, 11) is 0. The van der Waals surface area contributed by atoms with E-state index in [4.69, 9.17) is 0 Å². The number of nitrogens with one attached hydrogen (secondary N) is 3. The molecule has 0 spiro atoms. The fraction of sp³-hybridized carbons (Fsp3) is 0.733. The van der Waals surface area contributed by atoms with Crippen LogP contribution in [0.15, 0.2) is 11.3 Å². The van der Waals surface area contributed by atoms with Gasteiger partial charge in [0, 0.05) is 38.5 Å². The molecule has 0 aromatic carbocycles. The number of aliphatic imine (C=N–C) groups is 1. The summed E-state index contributed by atoms with van der Waals surface area (Å²) in [4.78, 5) is 16.0. The van der Waals surface area contributed by atoms with Crippen LogP contribution in [0.3, 0.4) is 0 Å².